The van der Waals surface area contributed by atoms with Crippen molar-refractivity contribution >= 4 is 0 Å². The molecule has 0 aliphatic carbocycles. The zero-order chi connectivity index (χ0) is 6.97. The van der Waals surface area contributed by atoms with Crippen LogP contribution >= 0.6 is 0 Å². The van der Waals surface area contributed by atoms with E-state index >= 15 is 0 Å². The maximum atomic E-state index is 5.23. The normalized spacial score (nSPS) is 16.9. The van der Waals surface area contributed by atoms with Gasteiger partial charge >= 0.3 is 0 Å². The van der Waals surface area contributed by atoms with Crippen molar-refractivity contribution in [2.45, 2.75) is 20.1 Å². The maximum absolute atomic E-state index is 5.23. The van der Waals surface area contributed by atoms with E-state index in [-0.39, 0.29) is 0 Å². The van der Waals surface area contributed by atoms with Crippen LogP contribution in [0.4, 0.5) is 0 Å². The molecule has 1 aliphatic rings. The van der Waals surface area contributed by atoms with Crippen molar-refractivity contribution in [3.63, 3.8) is 0 Å². The van der Waals surface area contributed by atoms with Gasteiger partial charge in [-0.15, -0.1) is 0 Å². The molecule has 0 saturated heterocycles. The summed E-state index contributed by atoms with van der Waals surface area (Å²) in [5.74, 6) is 1.06. The molecule has 1 aromatic heterocycles. The predicted molar refractivity (Wildman–Crippen MR) is 36.6 cm³/mol. The van der Waals surface area contributed by atoms with Crippen molar-refractivity contribution in [2.24, 2.45) is 0 Å². The summed E-state index contributed by atoms with van der Waals surface area (Å²) in [7, 11) is 0. The van der Waals surface area contributed by atoms with E-state index in [0.717, 1.165) is 24.7 Å². The molecule has 0 unspecified atom stereocenters. The number of aromatic nitrogens is 2. The fraction of sp³-hybridized carbons (Fsp3) is 0.571. The summed E-state index contributed by atoms with van der Waals surface area (Å²) in [6.45, 7) is 4.46. The highest BCUT2D eigenvalue weighted by molar-refractivity contribution is 5.02. The second-order valence-electron chi connectivity index (χ2n) is 2.54. The zero-order valence-electron chi connectivity index (χ0n) is 6.00. The van der Waals surface area contributed by atoms with Gasteiger partial charge in [0, 0.05) is 12.7 Å². The van der Waals surface area contributed by atoms with Crippen LogP contribution < -0.4 is 0 Å². The van der Waals surface area contributed by atoms with Crippen LogP contribution in [0.25, 0.3) is 0 Å². The molecule has 0 atom stereocenters. The van der Waals surface area contributed by atoms with E-state index in [1.54, 1.807) is 0 Å². The first kappa shape index (κ1) is 5.92. The van der Waals surface area contributed by atoms with Crippen molar-refractivity contribution in [3.8, 4) is 0 Å². The summed E-state index contributed by atoms with van der Waals surface area (Å²) in [6.07, 6.45) is 2.07. The third-order valence-electron chi connectivity index (χ3n) is 1.69. The second-order valence-corrected chi connectivity index (χ2v) is 2.54. The lowest BCUT2D eigenvalue weighted by molar-refractivity contribution is 0.0816. The Balaban J connectivity index is 2.41. The molecule has 0 N–H and O–H groups in total. The Hall–Kier alpha value is -0.830. The fourth-order valence-electron chi connectivity index (χ4n) is 1.23. The molecule has 54 valence electrons. The van der Waals surface area contributed by atoms with Gasteiger partial charge in [-0.25, -0.2) is 4.98 Å². The van der Waals surface area contributed by atoms with Gasteiger partial charge in [0.05, 0.1) is 12.3 Å². The molecule has 1 aliphatic heterocycles. The minimum atomic E-state index is 0.674. The minimum Gasteiger partial charge on any atom is -0.372 e. The quantitative estimate of drug-likeness (QED) is 0.528. The first-order valence-electron chi connectivity index (χ1n) is 3.46. The minimum absolute atomic E-state index is 0.674. The predicted octanol–water partition coefficient (Wildman–Crippen LogP) is 0.722. The lowest BCUT2D eigenvalue weighted by atomic mass is 10.5. The molecule has 0 amide bonds. The standard InChI is InChI=1S/C7H10N2O/c1-6-4-9-2-3-10-5-7(9)8-6/h4H,2-3,5H2,1H3. The number of hydrogen-bond acceptors (Lipinski definition) is 2. The summed E-state index contributed by atoms with van der Waals surface area (Å²) in [6, 6.07) is 0. The van der Waals surface area contributed by atoms with E-state index in [2.05, 4.69) is 15.7 Å². The van der Waals surface area contributed by atoms with Crippen LogP contribution in [0.15, 0.2) is 6.20 Å². The largest absolute Gasteiger partial charge is 0.372 e. The van der Waals surface area contributed by atoms with E-state index in [4.69, 9.17) is 4.74 Å². The molecule has 1 aromatic rings. The SMILES string of the molecule is Cc1cn2c(n1)COCC2. The first-order chi connectivity index (χ1) is 4.86. The van der Waals surface area contributed by atoms with Gasteiger partial charge in [-0.2, -0.15) is 0 Å². The molecule has 3 heteroatoms. The van der Waals surface area contributed by atoms with E-state index < -0.39 is 0 Å². The molecule has 0 radical (unpaired) electrons. The molecule has 0 fully saturated rings. The Kier molecular flexibility index (Phi) is 1.24. The van der Waals surface area contributed by atoms with E-state index in [0.29, 0.717) is 6.61 Å². The van der Waals surface area contributed by atoms with Crippen molar-refractivity contribution in [1.82, 2.24) is 9.55 Å². The van der Waals surface area contributed by atoms with Crippen LogP contribution in [0.5, 0.6) is 0 Å². The maximum Gasteiger partial charge on any atom is 0.135 e. The lowest BCUT2D eigenvalue weighted by Crippen LogP contribution is -2.15. The highest BCUT2D eigenvalue weighted by atomic mass is 16.5. The van der Waals surface area contributed by atoms with Crippen LogP contribution in [-0.4, -0.2) is 16.2 Å². The van der Waals surface area contributed by atoms with Crippen LogP contribution in [0, 0.1) is 6.92 Å². The molecular weight excluding hydrogens is 128 g/mol. The number of nitrogens with zero attached hydrogens (tertiary/aromatic N) is 2. The van der Waals surface area contributed by atoms with E-state index in [9.17, 15) is 0 Å². The molecule has 0 bridgehead atoms. The van der Waals surface area contributed by atoms with Gasteiger partial charge in [0.2, 0.25) is 0 Å². The third kappa shape index (κ3) is 0.827. The number of fused-ring (bicyclic) bond motifs is 1. The Bertz CT molecular complexity index is 218. The van der Waals surface area contributed by atoms with Gasteiger partial charge in [0.15, 0.2) is 0 Å². The number of imidazole rings is 1. The van der Waals surface area contributed by atoms with Gasteiger partial charge < -0.3 is 9.30 Å². The summed E-state index contributed by atoms with van der Waals surface area (Å²) in [5.41, 5.74) is 1.08. The smallest absolute Gasteiger partial charge is 0.135 e. The third-order valence-corrected chi connectivity index (χ3v) is 1.69. The van der Waals surface area contributed by atoms with Crippen LogP contribution in [0.1, 0.15) is 11.5 Å². The first-order valence-corrected chi connectivity index (χ1v) is 3.46. The zero-order valence-corrected chi connectivity index (χ0v) is 6.00. The van der Waals surface area contributed by atoms with Gasteiger partial charge in [0.1, 0.15) is 12.4 Å². The summed E-state index contributed by atoms with van der Waals surface area (Å²) < 4.78 is 7.38. The summed E-state index contributed by atoms with van der Waals surface area (Å²) >= 11 is 0. The summed E-state index contributed by atoms with van der Waals surface area (Å²) in [4.78, 5) is 4.29. The molecule has 2 rings (SSSR count). The molecule has 10 heavy (non-hydrogen) atoms. The molecule has 3 nitrogen and oxygen atoms in total. The van der Waals surface area contributed by atoms with Crippen molar-refractivity contribution < 1.29 is 4.74 Å². The molecule has 0 spiro atoms. The summed E-state index contributed by atoms with van der Waals surface area (Å²) in [5, 5.41) is 0. The van der Waals surface area contributed by atoms with E-state index in [1.807, 2.05) is 6.92 Å². The Morgan fingerprint density at radius 2 is 2.60 bits per heavy atom. The second kappa shape index (κ2) is 2.09. The molecule has 0 saturated carbocycles. The average Bonchev–Trinajstić information content (AvgIpc) is 2.27. The number of rotatable bonds is 0. The van der Waals surface area contributed by atoms with Crippen molar-refractivity contribution in [2.75, 3.05) is 6.61 Å². The van der Waals surface area contributed by atoms with Gasteiger partial charge in [-0.1, -0.05) is 0 Å². The van der Waals surface area contributed by atoms with Gasteiger partial charge in [0.25, 0.3) is 0 Å². The Morgan fingerprint density at radius 1 is 1.70 bits per heavy atom. The van der Waals surface area contributed by atoms with E-state index in [1.165, 1.54) is 0 Å². The number of ether oxygens (including phenoxy) is 1. The van der Waals surface area contributed by atoms with Crippen molar-refractivity contribution in [1.29, 1.82) is 0 Å². The fourth-order valence-corrected chi connectivity index (χ4v) is 1.23. The number of hydrogen-bond donors (Lipinski definition) is 0. The average molecular weight is 138 g/mol. The number of aryl methyl sites for hydroxylation is 1. The molecule has 0 aromatic carbocycles. The van der Waals surface area contributed by atoms with Crippen LogP contribution in [0.2, 0.25) is 0 Å². The molecular formula is C7H10N2O. The Morgan fingerprint density at radius 3 is 3.40 bits per heavy atom. The molecule has 2 heterocycles. The lowest BCUT2D eigenvalue weighted by Gasteiger charge is -2.13. The highest BCUT2D eigenvalue weighted by Gasteiger charge is 2.09. The Labute approximate surface area is 59.6 Å². The highest BCUT2D eigenvalue weighted by Crippen LogP contribution is 2.08. The van der Waals surface area contributed by atoms with Gasteiger partial charge in [-0.3, -0.25) is 0 Å². The van der Waals surface area contributed by atoms with Crippen LogP contribution in [0.3, 0.4) is 0 Å². The van der Waals surface area contributed by atoms with Crippen molar-refractivity contribution in [3.05, 3.63) is 17.7 Å². The van der Waals surface area contributed by atoms with Gasteiger partial charge in [-0.05, 0) is 6.92 Å². The van der Waals surface area contributed by atoms with Crippen LogP contribution in [-0.2, 0) is 17.9 Å². The monoisotopic (exact) mass is 138 g/mol. The topological polar surface area (TPSA) is 27.1 Å².